The summed E-state index contributed by atoms with van der Waals surface area (Å²) in [7, 11) is 0. The normalized spacial score (nSPS) is 12.5. The van der Waals surface area contributed by atoms with E-state index < -0.39 is 23.8 Å². The van der Waals surface area contributed by atoms with Crippen LogP contribution in [0.5, 0.6) is 0 Å². The average molecular weight is 332 g/mol. The Balaban J connectivity index is 2.64. The highest BCUT2D eigenvalue weighted by atomic mass is 16.2. The van der Waals surface area contributed by atoms with E-state index in [9.17, 15) is 14.4 Å². The van der Waals surface area contributed by atoms with Crippen LogP contribution < -0.4 is 22.5 Å². The number of imide groups is 1. The molecule has 0 spiro atoms. The summed E-state index contributed by atoms with van der Waals surface area (Å²) >= 11 is 0. The van der Waals surface area contributed by atoms with Gasteiger partial charge in [0, 0.05) is 11.1 Å². The van der Waals surface area contributed by atoms with Crippen molar-refractivity contribution in [1.29, 1.82) is 0 Å². The number of amides is 3. The molecular formula is C17H24N4O3. The maximum absolute atomic E-state index is 12.0. The highest BCUT2D eigenvalue weighted by molar-refractivity contribution is 6.06. The van der Waals surface area contributed by atoms with Crippen LogP contribution in [0.2, 0.25) is 0 Å². The van der Waals surface area contributed by atoms with Gasteiger partial charge in [-0.1, -0.05) is 18.6 Å². The lowest BCUT2D eigenvalue weighted by Crippen LogP contribution is -2.43. The Bertz CT molecular complexity index is 623. The molecule has 0 saturated carbocycles. The summed E-state index contributed by atoms with van der Waals surface area (Å²) in [6, 6.07) is 5.70. The molecule has 7 nitrogen and oxygen atoms in total. The van der Waals surface area contributed by atoms with Gasteiger partial charge < -0.3 is 17.2 Å². The zero-order valence-corrected chi connectivity index (χ0v) is 13.7. The van der Waals surface area contributed by atoms with Gasteiger partial charge in [-0.05, 0) is 50.1 Å². The van der Waals surface area contributed by atoms with Gasteiger partial charge >= 0.3 is 0 Å². The fraction of sp³-hybridized carbons (Fsp3) is 0.353. The van der Waals surface area contributed by atoms with Crippen LogP contribution in [0.3, 0.4) is 0 Å². The Labute approximate surface area is 141 Å². The first kappa shape index (κ1) is 19.5. The first-order valence-corrected chi connectivity index (χ1v) is 7.74. The molecule has 7 heteroatoms. The zero-order valence-electron chi connectivity index (χ0n) is 13.7. The van der Waals surface area contributed by atoms with E-state index in [1.807, 2.05) is 0 Å². The molecule has 24 heavy (non-hydrogen) atoms. The fourth-order valence-electron chi connectivity index (χ4n) is 1.97. The van der Waals surface area contributed by atoms with Gasteiger partial charge in [0.1, 0.15) is 0 Å². The molecule has 0 saturated heterocycles. The number of hydrogen-bond acceptors (Lipinski definition) is 5. The van der Waals surface area contributed by atoms with Crippen molar-refractivity contribution in [2.75, 3.05) is 6.54 Å². The molecule has 3 amide bonds. The van der Waals surface area contributed by atoms with Crippen LogP contribution in [-0.2, 0) is 9.59 Å². The van der Waals surface area contributed by atoms with Gasteiger partial charge in [-0.15, -0.1) is 0 Å². The molecule has 0 fully saturated rings. The summed E-state index contributed by atoms with van der Waals surface area (Å²) in [5.74, 6) is -1.53. The van der Waals surface area contributed by atoms with E-state index in [2.05, 4.69) is 5.32 Å². The fourth-order valence-corrected chi connectivity index (χ4v) is 1.97. The van der Waals surface area contributed by atoms with Crippen molar-refractivity contribution < 1.29 is 14.4 Å². The van der Waals surface area contributed by atoms with Gasteiger partial charge in [0.15, 0.2) is 0 Å². The number of primary amides is 1. The first-order valence-electron chi connectivity index (χ1n) is 7.74. The lowest BCUT2D eigenvalue weighted by molar-refractivity contribution is -0.121. The van der Waals surface area contributed by atoms with Crippen molar-refractivity contribution in [3.05, 3.63) is 41.0 Å². The van der Waals surface area contributed by atoms with E-state index in [1.165, 1.54) is 0 Å². The highest BCUT2D eigenvalue weighted by Gasteiger charge is 2.16. The Hall–Kier alpha value is -2.51. The Morgan fingerprint density at radius 3 is 2.33 bits per heavy atom. The van der Waals surface area contributed by atoms with Crippen LogP contribution in [0.1, 0.15) is 42.1 Å². The van der Waals surface area contributed by atoms with Crippen LogP contribution in [0.15, 0.2) is 29.8 Å². The second-order valence-corrected chi connectivity index (χ2v) is 5.52. The third-order valence-electron chi connectivity index (χ3n) is 3.49. The van der Waals surface area contributed by atoms with Crippen molar-refractivity contribution in [3.63, 3.8) is 0 Å². The molecule has 0 unspecified atom stereocenters. The molecule has 0 bridgehead atoms. The number of carbonyl (C=O) groups is 3. The summed E-state index contributed by atoms with van der Waals surface area (Å²) < 4.78 is 0. The number of carbonyl (C=O) groups excluding carboxylic acids is 3. The third kappa shape index (κ3) is 6.31. The topological polar surface area (TPSA) is 141 Å². The molecule has 0 heterocycles. The summed E-state index contributed by atoms with van der Waals surface area (Å²) in [5, 5.41) is 2.28. The molecule has 1 aromatic rings. The minimum Gasteiger partial charge on any atom is -0.366 e. The minimum atomic E-state index is -0.735. The largest absolute Gasteiger partial charge is 0.366 e. The van der Waals surface area contributed by atoms with E-state index in [0.717, 1.165) is 18.4 Å². The molecule has 0 radical (unpaired) electrons. The molecule has 1 atom stereocenters. The lowest BCUT2D eigenvalue weighted by Gasteiger charge is -2.11. The van der Waals surface area contributed by atoms with Crippen LogP contribution >= 0.6 is 0 Å². The summed E-state index contributed by atoms with van der Waals surface area (Å²) in [6.45, 7) is 2.15. The quantitative estimate of drug-likeness (QED) is 0.400. The molecule has 0 aliphatic heterocycles. The van der Waals surface area contributed by atoms with Crippen molar-refractivity contribution in [2.45, 2.75) is 32.2 Å². The molecule has 0 aromatic heterocycles. The van der Waals surface area contributed by atoms with Gasteiger partial charge in [0.2, 0.25) is 11.8 Å². The molecule has 7 N–H and O–H groups in total. The van der Waals surface area contributed by atoms with E-state index >= 15 is 0 Å². The molecule has 1 rings (SSSR count). The van der Waals surface area contributed by atoms with E-state index in [-0.39, 0.29) is 0 Å². The van der Waals surface area contributed by atoms with Crippen molar-refractivity contribution in [3.8, 4) is 0 Å². The third-order valence-corrected chi connectivity index (χ3v) is 3.49. The maximum atomic E-state index is 12.0. The van der Waals surface area contributed by atoms with Gasteiger partial charge in [-0.3, -0.25) is 19.7 Å². The van der Waals surface area contributed by atoms with E-state index in [1.54, 1.807) is 37.3 Å². The van der Waals surface area contributed by atoms with E-state index in [4.69, 9.17) is 17.2 Å². The lowest BCUT2D eigenvalue weighted by atomic mass is 10.1. The highest BCUT2D eigenvalue weighted by Crippen LogP contribution is 2.09. The van der Waals surface area contributed by atoms with Gasteiger partial charge in [-0.2, -0.15) is 0 Å². The minimum absolute atomic E-state index is 0.325. The number of nitrogens with two attached hydrogens (primary N) is 3. The number of benzene rings is 1. The SMILES string of the molecule is C/C(=C\c1ccc(C(=O)NC(=O)[C@@H](N)CCCCN)cc1)C(N)=O. The average Bonchev–Trinajstić information content (AvgIpc) is 2.55. The number of rotatable bonds is 8. The van der Waals surface area contributed by atoms with Crippen molar-refractivity contribution in [1.82, 2.24) is 5.32 Å². The molecule has 1 aromatic carbocycles. The van der Waals surface area contributed by atoms with Crippen molar-refractivity contribution in [2.24, 2.45) is 17.2 Å². The maximum Gasteiger partial charge on any atom is 0.257 e. The molecule has 130 valence electrons. The van der Waals surface area contributed by atoms with E-state index in [0.29, 0.717) is 24.1 Å². The second kappa shape index (κ2) is 9.59. The van der Waals surface area contributed by atoms with Gasteiger partial charge in [0.25, 0.3) is 5.91 Å². The number of nitrogens with one attached hydrogen (secondary N) is 1. The van der Waals surface area contributed by atoms with Gasteiger partial charge in [-0.25, -0.2) is 0 Å². The molecule has 0 aliphatic rings. The Morgan fingerprint density at radius 2 is 1.79 bits per heavy atom. The zero-order chi connectivity index (χ0) is 18.1. The van der Waals surface area contributed by atoms with Gasteiger partial charge in [0.05, 0.1) is 6.04 Å². The first-order chi connectivity index (χ1) is 11.3. The summed E-state index contributed by atoms with van der Waals surface area (Å²) in [5.41, 5.74) is 17.7. The molecule has 0 aliphatic carbocycles. The monoisotopic (exact) mass is 332 g/mol. The predicted octanol–water partition coefficient (Wildman–Crippen LogP) is 0.288. The van der Waals surface area contributed by atoms with Crippen molar-refractivity contribution >= 4 is 23.8 Å². The van der Waals surface area contributed by atoms with Crippen LogP contribution in [0.25, 0.3) is 6.08 Å². The second-order valence-electron chi connectivity index (χ2n) is 5.52. The predicted molar refractivity (Wildman–Crippen MR) is 92.6 cm³/mol. The number of hydrogen-bond donors (Lipinski definition) is 4. The Morgan fingerprint density at radius 1 is 1.17 bits per heavy atom. The smallest absolute Gasteiger partial charge is 0.257 e. The summed E-state index contributed by atoms with van der Waals surface area (Å²) in [6.07, 6.45) is 3.61. The van der Waals surface area contributed by atoms with Crippen LogP contribution in [0, 0.1) is 0 Å². The standard InChI is InChI=1S/C17H24N4O3/c1-11(15(20)22)10-12-5-7-13(8-6-12)16(23)21-17(24)14(19)4-2-3-9-18/h5-8,10,14H,2-4,9,18-19H2,1H3,(H2,20,22)(H,21,23,24)/b11-10+/t14-/m0/s1. The van der Waals surface area contributed by atoms with Crippen LogP contribution in [0.4, 0.5) is 0 Å². The van der Waals surface area contributed by atoms with Crippen LogP contribution in [-0.4, -0.2) is 30.3 Å². The number of unbranched alkanes of at least 4 members (excludes halogenated alkanes) is 1. The molecular weight excluding hydrogens is 308 g/mol. The Kier molecular flexibility index (Phi) is 7.81. The summed E-state index contributed by atoms with van der Waals surface area (Å²) in [4.78, 5) is 34.9.